The minimum Gasteiger partial charge on any atom is -0.381 e. The van der Waals surface area contributed by atoms with Crippen molar-refractivity contribution in [3.05, 3.63) is 0 Å². The molecule has 0 aromatic carbocycles. The molecule has 36 heavy (non-hydrogen) atoms. The molecule has 208 valence electrons. The van der Waals surface area contributed by atoms with Crippen LogP contribution >= 0.6 is 0 Å². The van der Waals surface area contributed by atoms with Crippen LogP contribution in [0.1, 0.15) is 92.4 Å². The highest BCUT2D eigenvalue weighted by atomic mass is 16.7. The van der Waals surface area contributed by atoms with Crippen LogP contribution in [0.5, 0.6) is 0 Å². The van der Waals surface area contributed by atoms with Crippen LogP contribution in [-0.2, 0) is 28.5 Å². The average Bonchev–Trinajstić information content (AvgIpc) is 3.22. The summed E-state index contributed by atoms with van der Waals surface area (Å²) >= 11 is 0. The van der Waals surface area contributed by atoms with E-state index >= 15 is 0 Å². The number of hydrogen-bond acceptors (Lipinski definition) is 6. The molecule has 0 bridgehead atoms. The lowest BCUT2D eigenvalue weighted by Gasteiger charge is -2.61. The molecule has 6 nitrogen and oxygen atoms in total. The van der Waals surface area contributed by atoms with E-state index in [0.717, 1.165) is 32.1 Å². The molecule has 0 aromatic rings. The standard InChI is InChI=1S/C30H52O6/c1-7-33-27(34-8-2)19-30-16-15-23-21(24(30)13-14-26(30)32-6)12-11-20-17-25(31)22(18-29(20,23)5)28(35-9-3)36-10-4/h20-24,26-28H,7-19H2,1-6H3/t20-,21+,22+,23-,24-,26-,29-,30+/m0/s1. The maximum absolute atomic E-state index is 13.3. The van der Waals surface area contributed by atoms with Crippen molar-refractivity contribution in [1.29, 1.82) is 0 Å². The molecule has 4 aliphatic rings. The van der Waals surface area contributed by atoms with Crippen LogP contribution in [0.25, 0.3) is 0 Å². The normalized spacial score (nSPS) is 40.4. The van der Waals surface area contributed by atoms with Crippen molar-refractivity contribution in [1.82, 2.24) is 0 Å². The van der Waals surface area contributed by atoms with E-state index in [1.807, 2.05) is 21.0 Å². The van der Waals surface area contributed by atoms with Crippen LogP contribution in [0.4, 0.5) is 0 Å². The van der Waals surface area contributed by atoms with E-state index in [-0.39, 0.29) is 29.1 Å². The maximum Gasteiger partial charge on any atom is 0.167 e. The Bertz CT molecular complexity index is 716. The van der Waals surface area contributed by atoms with E-state index in [1.165, 1.54) is 19.3 Å². The number of fused-ring (bicyclic) bond motifs is 5. The second-order valence-electron chi connectivity index (χ2n) is 12.0. The number of carbonyl (C=O) groups is 1. The van der Waals surface area contributed by atoms with E-state index < -0.39 is 6.29 Å². The van der Waals surface area contributed by atoms with Crippen LogP contribution < -0.4 is 0 Å². The fourth-order valence-electron chi connectivity index (χ4n) is 9.38. The zero-order valence-corrected chi connectivity index (χ0v) is 23.8. The summed E-state index contributed by atoms with van der Waals surface area (Å²) < 4.78 is 30.3. The first-order chi connectivity index (χ1) is 17.4. The second-order valence-corrected chi connectivity index (χ2v) is 12.0. The zero-order valence-electron chi connectivity index (χ0n) is 23.8. The number of ether oxygens (including phenoxy) is 5. The van der Waals surface area contributed by atoms with Gasteiger partial charge in [-0.25, -0.2) is 0 Å². The first-order valence-electron chi connectivity index (χ1n) is 14.9. The summed E-state index contributed by atoms with van der Waals surface area (Å²) in [6, 6.07) is 0. The van der Waals surface area contributed by atoms with Crippen LogP contribution in [0.15, 0.2) is 0 Å². The lowest BCUT2D eigenvalue weighted by molar-refractivity contribution is -0.210. The highest BCUT2D eigenvalue weighted by Crippen LogP contribution is 2.68. The molecule has 0 saturated heterocycles. The Balaban J connectivity index is 1.60. The van der Waals surface area contributed by atoms with Crippen molar-refractivity contribution in [3.63, 3.8) is 0 Å². The molecule has 0 radical (unpaired) electrons. The van der Waals surface area contributed by atoms with Gasteiger partial charge in [0.2, 0.25) is 0 Å². The third kappa shape index (κ3) is 5.06. The molecule has 4 rings (SSSR count). The van der Waals surface area contributed by atoms with Crippen molar-refractivity contribution in [2.24, 2.45) is 40.4 Å². The number of carbonyl (C=O) groups excluding carboxylic acids is 1. The first-order valence-corrected chi connectivity index (χ1v) is 14.9. The van der Waals surface area contributed by atoms with E-state index in [9.17, 15) is 4.79 Å². The summed E-state index contributed by atoms with van der Waals surface area (Å²) in [5.74, 6) is 2.64. The molecule has 8 atom stereocenters. The average molecular weight is 509 g/mol. The van der Waals surface area contributed by atoms with Gasteiger partial charge in [-0.1, -0.05) is 6.92 Å². The van der Waals surface area contributed by atoms with E-state index in [2.05, 4.69) is 20.8 Å². The fraction of sp³-hybridized carbons (Fsp3) is 0.967. The van der Waals surface area contributed by atoms with Crippen molar-refractivity contribution < 1.29 is 28.5 Å². The molecule has 4 aliphatic carbocycles. The predicted octanol–water partition coefficient (Wildman–Crippen LogP) is 6.01. The summed E-state index contributed by atoms with van der Waals surface area (Å²) in [4.78, 5) is 13.3. The summed E-state index contributed by atoms with van der Waals surface area (Å²) in [5.41, 5.74) is 0.279. The summed E-state index contributed by atoms with van der Waals surface area (Å²) in [6.45, 7) is 13.1. The third-order valence-corrected chi connectivity index (χ3v) is 10.7. The van der Waals surface area contributed by atoms with Gasteiger partial charge in [0.1, 0.15) is 5.78 Å². The van der Waals surface area contributed by atoms with Gasteiger partial charge < -0.3 is 23.7 Å². The minimum absolute atomic E-state index is 0.122. The number of methoxy groups -OCH3 is 1. The lowest BCUT2D eigenvalue weighted by atomic mass is 9.43. The Morgan fingerprint density at radius 1 is 0.861 bits per heavy atom. The van der Waals surface area contributed by atoms with Gasteiger partial charge in [0.05, 0.1) is 12.0 Å². The van der Waals surface area contributed by atoms with Crippen molar-refractivity contribution in [3.8, 4) is 0 Å². The van der Waals surface area contributed by atoms with Gasteiger partial charge in [-0.15, -0.1) is 0 Å². The third-order valence-electron chi connectivity index (χ3n) is 10.7. The summed E-state index contributed by atoms with van der Waals surface area (Å²) in [6.07, 6.45) is 9.36. The Kier molecular flexibility index (Phi) is 9.58. The highest BCUT2D eigenvalue weighted by molar-refractivity contribution is 5.82. The van der Waals surface area contributed by atoms with E-state index in [1.54, 1.807) is 0 Å². The van der Waals surface area contributed by atoms with E-state index in [0.29, 0.717) is 62.3 Å². The number of ketones is 1. The minimum atomic E-state index is -0.407. The number of Topliss-reactive ketones (excluding diaryl/α,β-unsaturated/α-hetero) is 1. The smallest absolute Gasteiger partial charge is 0.167 e. The van der Waals surface area contributed by atoms with Gasteiger partial charge >= 0.3 is 0 Å². The van der Waals surface area contributed by atoms with E-state index in [4.69, 9.17) is 23.7 Å². The molecular formula is C30H52O6. The number of hydrogen-bond donors (Lipinski definition) is 0. The molecule has 0 spiro atoms. The van der Waals surface area contributed by atoms with Gasteiger partial charge in [0.25, 0.3) is 0 Å². The van der Waals surface area contributed by atoms with Gasteiger partial charge in [0, 0.05) is 51.8 Å². The lowest BCUT2D eigenvalue weighted by Crippen LogP contribution is -2.57. The SMILES string of the molecule is CCOC(C[C@]12CC[C@H]3[C@@H](CC[C@H]4CC(=O)[C@H](C(OCC)OCC)C[C@@]43C)[C@@H]1CC[C@@H]2OC)OCC. The van der Waals surface area contributed by atoms with Crippen LogP contribution in [0.2, 0.25) is 0 Å². The zero-order chi connectivity index (χ0) is 25.9. The Labute approximate surface area is 219 Å². The molecular weight excluding hydrogens is 456 g/mol. The first kappa shape index (κ1) is 28.5. The van der Waals surface area contributed by atoms with Gasteiger partial charge in [-0.05, 0) is 102 Å². The molecule has 4 saturated carbocycles. The highest BCUT2D eigenvalue weighted by Gasteiger charge is 2.63. The quantitative estimate of drug-likeness (QED) is 0.301. The van der Waals surface area contributed by atoms with Gasteiger partial charge in [-0.3, -0.25) is 4.79 Å². The van der Waals surface area contributed by atoms with Crippen LogP contribution in [0, 0.1) is 40.4 Å². The monoisotopic (exact) mass is 508 g/mol. The van der Waals surface area contributed by atoms with Crippen molar-refractivity contribution >= 4 is 5.78 Å². The largest absolute Gasteiger partial charge is 0.381 e. The maximum atomic E-state index is 13.3. The molecule has 0 amide bonds. The topological polar surface area (TPSA) is 63.2 Å². The summed E-state index contributed by atoms with van der Waals surface area (Å²) in [7, 11) is 1.90. The fourth-order valence-corrected chi connectivity index (χ4v) is 9.38. The Hall–Kier alpha value is -0.530. The molecule has 0 unspecified atom stereocenters. The summed E-state index contributed by atoms with van der Waals surface area (Å²) in [5, 5.41) is 0. The van der Waals surface area contributed by atoms with Crippen LogP contribution in [-0.4, -0.2) is 58.0 Å². The van der Waals surface area contributed by atoms with Crippen LogP contribution in [0.3, 0.4) is 0 Å². The molecule has 0 aliphatic heterocycles. The molecule has 0 aromatic heterocycles. The molecule has 0 heterocycles. The molecule has 4 fully saturated rings. The number of rotatable bonds is 12. The second kappa shape index (κ2) is 12.1. The van der Waals surface area contributed by atoms with Gasteiger partial charge in [0.15, 0.2) is 12.6 Å². The molecule has 0 N–H and O–H groups in total. The predicted molar refractivity (Wildman–Crippen MR) is 139 cm³/mol. The van der Waals surface area contributed by atoms with Gasteiger partial charge in [-0.2, -0.15) is 0 Å². The Morgan fingerprint density at radius 2 is 1.53 bits per heavy atom. The molecule has 6 heteroatoms. The van der Waals surface area contributed by atoms with Crippen molar-refractivity contribution in [2.75, 3.05) is 33.5 Å². The Morgan fingerprint density at radius 3 is 2.14 bits per heavy atom. The van der Waals surface area contributed by atoms with Crippen molar-refractivity contribution in [2.45, 2.75) is 111 Å².